The molecule has 0 saturated heterocycles. The summed E-state index contributed by atoms with van der Waals surface area (Å²) in [4.78, 5) is 12.1. The van der Waals surface area contributed by atoms with E-state index in [1.807, 2.05) is 0 Å². The van der Waals surface area contributed by atoms with Gasteiger partial charge in [0, 0.05) is 6.42 Å². The van der Waals surface area contributed by atoms with Crippen LogP contribution in [0.2, 0.25) is 19.6 Å². The fourth-order valence-corrected chi connectivity index (χ4v) is 4.58. The maximum Gasteiger partial charge on any atom is 0.184 e. The molecule has 0 aliphatic heterocycles. The predicted octanol–water partition coefficient (Wildman–Crippen LogP) is 3.30. The molecule has 2 nitrogen and oxygen atoms in total. The Labute approximate surface area is 99.2 Å². The number of fused-ring (bicyclic) bond motifs is 1. The second-order valence-electron chi connectivity index (χ2n) is 6.30. The maximum atomic E-state index is 12.1. The van der Waals surface area contributed by atoms with Crippen LogP contribution >= 0.6 is 0 Å². The highest BCUT2D eigenvalue weighted by molar-refractivity contribution is 6.69. The monoisotopic (exact) mass is 238 g/mol. The number of Topliss-reactive ketones (excluding diaryl/α,β-unsaturated/α-hetero) is 1. The molecule has 0 bridgehead atoms. The minimum Gasteiger partial charge on any atom is -0.408 e. The Bertz CT molecular complexity index is 342. The van der Waals surface area contributed by atoms with Gasteiger partial charge in [-0.05, 0) is 45.8 Å². The van der Waals surface area contributed by atoms with Gasteiger partial charge in [-0.2, -0.15) is 0 Å². The highest BCUT2D eigenvalue weighted by Crippen LogP contribution is 2.53. The molecule has 0 heterocycles. The number of hydrogen-bond donors (Lipinski definition) is 0. The van der Waals surface area contributed by atoms with Gasteiger partial charge in [0.25, 0.3) is 0 Å². The molecule has 2 atom stereocenters. The van der Waals surface area contributed by atoms with Crippen molar-refractivity contribution in [2.24, 2.45) is 5.41 Å². The van der Waals surface area contributed by atoms with Crippen LogP contribution in [-0.2, 0) is 9.22 Å². The summed E-state index contributed by atoms with van der Waals surface area (Å²) in [5.74, 6) is 0.398. The Morgan fingerprint density at radius 1 is 1.31 bits per heavy atom. The predicted molar refractivity (Wildman–Crippen MR) is 67.9 cm³/mol. The van der Waals surface area contributed by atoms with Crippen LogP contribution in [0.3, 0.4) is 0 Å². The second-order valence-corrected chi connectivity index (χ2v) is 10.7. The largest absolute Gasteiger partial charge is 0.408 e. The lowest BCUT2D eigenvalue weighted by molar-refractivity contribution is -0.131. The molecule has 1 saturated carbocycles. The van der Waals surface area contributed by atoms with Crippen molar-refractivity contribution >= 4 is 14.1 Å². The number of ketones is 1. The SMILES string of the molecule is C[C@@]12CCC=C[C@]1(O[Si](C)(C)C)CCC2=O. The standard InChI is InChI=1S/C13H22O2Si/c1-12-8-5-6-9-13(12,10-7-11(12)14)15-16(2,3)4/h6,9H,5,7-8,10H2,1-4H3/t12-,13-/m0/s1. The van der Waals surface area contributed by atoms with E-state index in [0.29, 0.717) is 12.2 Å². The van der Waals surface area contributed by atoms with Crippen molar-refractivity contribution in [3.8, 4) is 0 Å². The van der Waals surface area contributed by atoms with Gasteiger partial charge in [-0.1, -0.05) is 12.2 Å². The third kappa shape index (κ3) is 1.70. The first-order valence-electron chi connectivity index (χ1n) is 6.20. The van der Waals surface area contributed by atoms with E-state index in [0.717, 1.165) is 19.3 Å². The molecule has 1 fully saturated rings. The van der Waals surface area contributed by atoms with Crippen LogP contribution in [0.5, 0.6) is 0 Å². The van der Waals surface area contributed by atoms with Gasteiger partial charge in [-0.3, -0.25) is 4.79 Å². The Morgan fingerprint density at radius 2 is 2.00 bits per heavy atom. The molecule has 0 spiro atoms. The summed E-state index contributed by atoms with van der Waals surface area (Å²) in [6, 6.07) is 0. The minimum atomic E-state index is -1.62. The first kappa shape index (κ1) is 12.1. The van der Waals surface area contributed by atoms with E-state index >= 15 is 0 Å². The minimum absolute atomic E-state index is 0.262. The van der Waals surface area contributed by atoms with Crippen molar-refractivity contribution in [3.63, 3.8) is 0 Å². The molecule has 16 heavy (non-hydrogen) atoms. The molecule has 2 aliphatic rings. The van der Waals surface area contributed by atoms with Crippen molar-refractivity contribution in [1.29, 1.82) is 0 Å². The van der Waals surface area contributed by atoms with Crippen LogP contribution < -0.4 is 0 Å². The summed E-state index contributed by atoms with van der Waals surface area (Å²) in [6.45, 7) is 8.71. The Hall–Kier alpha value is -0.413. The molecule has 2 aliphatic carbocycles. The average molecular weight is 238 g/mol. The normalized spacial score (nSPS) is 38.9. The zero-order chi connectivity index (χ0) is 12.0. The van der Waals surface area contributed by atoms with Crippen molar-refractivity contribution in [2.45, 2.75) is 57.8 Å². The summed E-state index contributed by atoms with van der Waals surface area (Å²) >= 11 is 0. The van der Waals surface area contributed by atoms with Gasteiger partial charge in [0.15, 0.2) is 8.32 Å². The van der Waals surface area contributed by atoms with Crippen LogP contribution in [-0.4, -0.2) is 19.7 Å². The van der Waals surface area contributed by atoms with Crippen molar-refractivity contribution in [3.05, 3.63) is 12.2 Å². The molecular formula is C13H22O2Si. The lowest BCUT2D eigenvalue weighted by Crippen LogP contribution is -2.52. The van der Waals surface area contributed by atoms with Crippen LogP contribution in [0, 0.1) is 5.41 Å². The first-order chi connectivity index (χ1) is 7.29. The zero-order valence-electron chi connectivity index (χ0n) is 10.8. The molecule has 0 radical (unpaired) electrons. The average Bonchev–Trinajstić information content (AvgIpc) is 2.39. The summed E-state index contributed by atoms with van der Waals surface area (Å²) in [5, 5.41) is 0. The van der Waals surface area contributed by atoms with Crippen molar-refractivity contribution in [1.82, 2.24) is 0 Å². The number of hydrogen-bond acceptors (Lipinski definition) is 2. The van der Waals surface area contributed by atoms with Crippen molar-refractivity contribution < 1.29 is 9.22 Å². The zero-order valence-corrected chi connectivity index (χ0v) is 11.8. The quantitative estimate of drug-likeness (QED) is 0.545. The van der Waals surface area contributed by atoms with Crippen LogP contribution in [0.25, 0.3) is 0 Å². The molecule has 0 aromatic carbocycles. The first-order valence-corrected chi connectivity index (χ1v) is 9.61. The third-order valence-corrected chi connectivity index (χ3v) is 4.94. The van der Waals surface area contributed by atoms with E-state index in [4.69, 9.17) is 4.43 Å². The fraction of sp³-hybridized carbons (Fsp3) is 0.769. The van der Waals surface area contributed by atoms with E-state index in [9.17, 15) is 4.79 Å². The molecule has 3 heteroatoms. The fourth-order valence-electron chi connectivity index (χ4n) is 3.10. The second kappa shape index (κ2) is 3.54. The van der Waals surface area contributed by atoms with E-state index in [1.165, 1.54) is 0 Å². The lowest BCUT2D eigenvalue weighted by Gasteiger charge is -2.46. The van der Waals surface area contributed by atoms with Gasteiger partial charge in [0.05, 0.1) is 11.0 Å². The number of rotatable bonds is 2. The summed E-state index contributed by atoms with van der Waals surface area (Å²) < 4.78 is 6.39. The van der Waals surface area contributed by atoms with Gasteiger partial charge >= 0.3 is 0 Å². The topological polar surface area (TPSA) is 26.3 Å². The van der Waals surface area contributed by atoms with Crippen LogP contribution in [0.1, 0.15) is 32.6 Å². The number of carbonyl (C=O) groups is 1. The van der Waals surface area contributed by atoms with E-state index < -0.39 is 8.32 Å². The van der Waals surface area contributed by atoms with Gasteiger partial charge in [0.1, 0.15) is 5.78 Å². The van der Waals surface area contributed by atoms with E-state index in [-0.39, 0.29) is 11.0 Å². The summed E-state index contributed by atoms with van der Waals surface area (Å²) in [6.07, 6.45) is 7.90. The molecule has 0 unspecified atom stereocenters. The molecule has 90 valence electrons. The number of allylic oxidation sites excluding steroid dienone is 1. The number of carbonyl (C=O) groups excluding carboxylic acids is 1. The third-order valence-electron chi connectivity index (χ3n) is 3.96. The van der Waals surface area contributed by atoms with Gasteiger partial charge in [0.2, 0.25) is 0 Å². The lowest BCUT2D eigenvalue weighted by atomic mass is 9.69. The molecule has 2 rings (SSSR count). The summed E-state index contributed by atoms with van der Waals surface area (Å²) in [5.41, 5.74) is -0.547. The van der Waals surface area contributed by atoms with Gasteiger partial charge in [-0.25, -0.2) is 0 Å². The Balaban J connectivity index is 2.39. The van der Waals surface area contributed by atoms with Crippen LogP contribution in [0.15, 0.2) is 12.2 Å². The van der Waals surface area contributed by atoms with E-state index in [1.54, 1.807) is 0 Å². The van der Waals surface area contributed by atoms with Crippen molar-refractivity contribution in [2.75, 3.05) is 0 Å². The van der Waals surface area contributed by atoms with Gasteiger partial charge < -0.3 is 4.43 Å². The molecule has 0 amide bonds. The Morgan fingerprint density at radius 3 is 2.62 bits per heavy atom. The smallest absolute Gasteiger partial charge is 0.184 e. The van der Waals surface area contributed by atoms with E-state index in [2.05, 4.69) is 38.7 Å². The molecule has 0 N–H and O–H groups in total. The van der Waals surface area contributed by atoms with Gasteiger partial charge in [-0.15, -0.1) is 0 Å². The van der Waals surface area contributed by atoms with Crippen LogP contribution in [0.4, 0.5) is 0 Å². The molecule has 0 aromatic heterocycles. The maximum absolute atomic E-state index is 12.1. The highest BCUT2D eigenvalue weighted by atomic mass is 28.4. The molecule has 0 aromatic rings. The highest BCUT2D eigenvalue weighted by Gasteiger charge is 2.58. The molecular weight excluding hydrogens is 216 g/mol. The Kier molecular flexibility index (Phi) is 2.67. The summed E-state index contributed by atoms with van der Waals surface area (Å²) in [7, 11) is -1.62.